The van der Waals surface area contributed by atoms with Crippen LogP contribution >= 0.6 is 0 Å². The van der Waals surface area contributed by atoms with Crippen molar-refractivity contribution in [3.05, 3.63) is 218 Å². The summed E-state index contributed by atoms with van der Waals surface area (Å²) in [5.41, 5.74) is 12.1. The molecule has 1 heteroatoms. The molecule has 1 aliphatic rings. The second-order valence-electron chi connectivity index (χ2n) is 13.8. The molecule has 1 nitrogen and oxygen atoms in total. The summed E-state index contributed by atoms with van der Waals surface area (Å²) in [6.45, 7) is 3.81. The fraction of sp³-hybridized carbons (Fsp3) is 0.0385. The molecule has 9 rings (SSSR count). The minimum Gasteiger partial charge on any atom is -0.311 e. The van der Waals surface area contributed by atoms with E-state index in [1.54, 1.807) is 0 Å². The van der Waals surface area contributed by atoms with E-state index in [-0.39, 0.29) is 0 Å². The summed E-state index contributed by atoms with van der Waals surface area (Å²) in [6, 6.07) is 62.1. The van der Waals surface area contributed by atoms with Crippen LogP contribution in [0.5, 0.6) is 0 Å². The zero-order valence-electron chi connectivity index (χ0n) is 29.6. The van der Waals surface area contributed by atoms with Crippen molar-refractivity contribution in [2.24, 2.45) is 0 Å². The van der Waals surface area contributed by atoms with Gasteiger partial charge in [0.25, 0.3) is 0 Å². The molecule has 1 aliphatic carbocycles. The van der Waals surface area contributed by atoms with Crippen molar-refractivity contribution in [3.8, 4) is 22.3 Å². The number of hydrogen-bond acceptors (Lipinski definition) is 1. The number of fused-ring (bicyclic) bond motifs is 4. The van der Waals surface area contributed by atoms with E-state index in [1.807, 2.05) is 12.2 Å². The molecule has 0 amide bonds. The summed E-state index contributed by atoms with van der Waals surface area (Å²) in [7, 11) is 0. The fourth-order valence-corrected chi connectivity index (χ4v) is 7.68. The van der Waals surface area contributed by atoms with Crippen molar-refractivity contribution in [2.45, 2.75) is 12.8 Å². The minimum absolute atomic E-state index is 0.995. The van der Waals surface area contributed by atoms with E-state index >= 15 is 0 Å². The van der Waals surface area contributed by atoms with Gasteiger partial charge in [-0.05, 0) is 133 Å². The van der Waals surface area contributed by atoms with E-state index in [1.165, 1.54) is 77.0 Å². The van der Waals surface area contributed by atoms with Gasteiger partial charge in [-0.25, -0.2) is 0 Å². The maximum Gasteiger partial charge on any atom is 0.0461 e. The molecule has 0 atom stereocenters. The first kappa shape index (κ1) is 32.2. The zero-order chi connectivity index (χ0) is 35.6. The minimum atomic E-state index is 0.995. The van der Waals surface area contributed by atoms with Gasteiger partial charge < -0.3 is 4.90 Å². The highest BCUT2D eigenvalue weighted by atomic mass is 15.1. The molecule has 0 spiro atoms. The Labute approximate surface area is 311 Å². The lowest BCUT2D eigenvalue weighted by atomic mass is 9.95. The molecule has 0 heterocycles. The Morgan fingerprint density at radius 1 is 0.472 bits per heavy atom. The van der Waals surface area contributed by atoms with Crippen molar-refractivity contribution < 1.29 is 0 Å². The van der Waals surface area contributed by atoms with E-state index < -0.39 is 0 Å². The van der Waals surface area contributed by atoms with Crippen molar-refractivity contribution >= 4 is 55.3 Å². The van der Waals surface area contributed by atoms with Gasteiger partial charge >= 0.3 is 0 Å². The molecular weight excluding hydrogens is 639 g/mol. The van der Waals surface area contributed by atoms with Crippen LogP contribution in [0, 0.1) is 0 Å². The van der Waals surface area contributed by atoms with E-state index in [0.717, 1.165) is 24.2 Å². The predicted octanol–water partition coefficient (Wildman–Crippen LogP) is 14.6. The average molecular weight is 678 g/mol. The third-order valence-corrected chi connectivity index (χ3v) is 10.4. The molecule has 0 radical (unpaired) electrons. The summed E-state index contributed by atoms with van der Waals surface area (Å²) in [5, 5.41) is 7.57. The van der Waals surface area contributed by atoms with Crippen LogP contribution in [0.15, 0.2) is 206 Å². The Morgan fingerprint density at radius 3 is 1.81 bits per heavy atom. The van der Waals surface area contributed by atoms with Gasteiger partial charge in [0, 0.05) is 17.1 Å². The Bertz CT molecular complexity index is 2710. The molecule has 8 aromatic rings. The number of hydrogen-bond donors (Lipinski definition) is 0. The van der Waals surface area contributed by atoms with Gasteiger partial charge in [0.15, 0.2) is 0 Å². The number of nitrogens with zero attached hydrogens (tertiary/aromatic N) is 1. The third-order valence-electron chi connectivity index (χ3n) is 10.4. The van der Waals surface area contributed by atoms with Crippen molar-refractivity contribution in [3.63, 3.8) is 0 Å². The smallest absolute Gasteiger partial charge is 0.0461 e. The lowest BCUT2D eigenvalue weighted by Crippen LogP contribution is -2.17. The molecular formula is C52H39N. The first-order chi connectivity index (χ1) is 26.2. The highest BCUT2D eigenvalue weighted by Crippen LogP contribution is 2.38. The van der Waals surface area contributed by atoms with Crippen LogP contribution in [0.3, 0.4) is 0 Å². The third kappa shape index (κ3) is 6.50. The number of benzene rings is 8. The zero-order valence-corrected chi connectivity index (χ0v) is 29.6. The molecule has 0 unspecified atom stereocenters. The highest BCUT2D eigenvalue weighted by Gasteiger charge is 2.18. The summed E-state index contributed by atoms with van der Waals surface area (Å²) in [4.78, 5) is 2.40. The first-order valence-corrected chi connectivity index (χ1v) is 18.4. The van der Waals surface area contributed by atoms with E-state index in [9.17, 15) is 0 Å². The van der Waals surface area contributed by atoms with E-state index in [0.29, 0.717) is 0 Å². The number of rotatable bonds is 8. The molecule has 0 aliphatic heterocycles. The van der Waals surface area contributed by atoms with Gasteiger partial charge in [-0.15, -0.1) is 0 Å². The van der Waals surface area contributed by atoms with Gasteiger partial charge in [0.05, 0.1) is 0 Å². The lowest BCUT2D eigenvalue weighted by Gasteiger charge is -2.29. The maximum absolute atomic E-state index is 3.81. The molecule has 0 aromatic heterocycles. The second-order valence-corrected chi connectivity index (χ2v) is 13.8. The van der Waals surface area contributed by atoms with Gasteiger partial charge in [-0.1, -0.05) is 158 Å². The van der Waals surface area contributed by atoms with Gasteiger partial charge in [0.2, 0.25) is 0 Å². The SMILES string of the molecule is C=C/C=C\c1ccc2ccc(-c3ccc(N(C4=CCCC(c5ccccc5)=C4)c4ccc(-c5ccc6ccc7ccccc7c6c5)cc4)cc3)cc2c1. The summed E-state index contributed by atoms with van der Waals surface area (Å²) in [5.74, 6) is 0. The van der Waals surface area contributed by atoms with Crippen LogP contribution in [0.25, 0.3) is 66.2 Å². The standard InChI is InChI=1S/C52H39N/c1-2-3-10-37-17-18-41-19-23-45(34-47(41)33-37)39-25-29-48(30-26-39)53(50-15-9-14-44(35-50)38-11-5-4-6-12-38)49-31-27-40(28-32-49)46-24-22-43-21-20-42-13-7-8-16-51(42)52(43)36-46/h2-8,10-13,15-36H,1,9,14H2/b10-3-. The Balaban J connectivity index is 1.09. The molecule has 0 N–H and O–H groups in total. The highest BCUT2D eigenvalue weighted by molar-refractivity contribution is 6.08. The Kier molecular flexibility index (Phi) is 8.60. The average Bonchev–Trinajstić information content (AvgIpc) is 3.23. The van der Waals surface area contributed by atoms with E-state index in [2.05, 4.69) is 200 Å². The van der Waals surface area contributed by atoms with Crippen molar-refractivity contribution in [1.29, 1.82) is 0 Å². The van der Waals surface area contributed by atoms with Crippen LogP contribution in [-0.2, 0) is 0 Å². The van der Waals surface area contributed by atoms with Crippen molar-refractivity contribution in [1.82, 2.24) is 0 Å². The van der Waals surface area contributed by atoms with Gasteiger partial charge in [0.1, 0.15) is 0 Å². The molecule has 8 aromatic carbocycles. The van der Waals surface area contributed by atoms with Crippen LogP contribution in [0.4, 0.5) is 11.4 Å². The lowest BCUT2D eigenvalue weighted by molar-refractivity contribution is 1.01. The molecule has 0 saturated carbocycles. The fourth-order valence-electron chi connectivity index (χ4n) is 7.68. The molecule has 53 heavy (non-hydrogen) atoms. The summed E-state index contributed by atoms with van der Waals surface area (Å²) in [6.07, 6.45) is 12.7. The largest absolute Gasteiger partial charge is 0.311 e. The molecule has 0 bridgehead atoms. The topological polar surface area (TPSA) is 3.24 Å². The molecule has 0 fully saturated rings. The van der Waals surface area contributed by atoms with Crippen LogP contribution in [-0.4, -0.2) is 0 Å². The predicted molar refractivity (Wildman–Crippen MR) is 229 cm³/mol. The van der Waals surface area contributed by atoms with Crippen LogP contribution in [0.2, 0.25) is 0 Å². The monoisotopic (exact) mass is 677 g/mol. The Morgan fingerprint density at radius 2 is 1.08 bits per heavy atom. The number of anilines is 2. The normalized spacial score (nSPS) is 13.0. The maximum atomic E-state index is 3.81. The summed E-state index contributed by atoms with van der Waals surface area (Å²) < 4.78 is 0. The second kappa shape index (κ2) is 14.1. The van der Waals surface area contributed by atoms with Crippen molar-refractivity contribution in [2.75, 3.05) is 4.90 Å². The van der Waals surface area contributed by atoms with Gasteiger partial charge in [-0.2, -0.15) is 0 Å². The van der Waals surface area contributed by atoms with Crippen LogP contribution in [0.1, 0.15) is 24.0 Å². The quantitative estimate of drug-likeness (QED) is 0.114. The summed E-state index contributed by atoms with van der Waals surface area (Å²) >= 11 is 0. The van der Waals surface area contributed by atoms with Crippen LogP contribution < -0.4 is 4.90 Å². The van der Waals surface area contributed by atoms with E-state index in [4.69, 9.17) is 0 Å². The number of allylic oxidation sites excluding steroid dienone is 5. The molecule has 252 valence electrons. The molecule has 0 saturated heterocycles. The Hall–Kier alpha value is -6.70. The van der Waals surface area contributed by atoms with Gasteiger partial charge in [-0.3, -0.25) is 0 Å². The first-order valence-electron chi connectivity index (χ1n) is 18.4.